The molecule has 2 amide bonds. The topological polar surface area (TPSA) is 80.3 Å². The first-order valence-electron chi connectivity index (χ1n) is 8.83. The van der Waals surface area contributed by atoms with Gasteiger partial charge in [-0.3, -0.25) is 14.6 Å². The van der Waals surface area contributed by atoms with Gasteiger partial charge in [0.05, 0.1) is 12.7 Å². The average molecular weight is 355 g/mol. The van der Waals surface area contributed by atoms with E-state index < -0.39 is 0 Å². The maximum Gasteiger partial charge on any atom is 0.251 e. The maximum atomic E-state index is 12.2. The van der Waals surface area contributed by atoms with E-state index >= 15 is 0 Å². The first kappa shape index (κ1) is 19.4. The summed E-state index contributed by atoms with van der Waals surface area (Å²) >= 11 is 0. The number of carbonyl (C=O) groups is 2. The lowest BCUT2D eigenvalue weighted by atomic mass is 10.2. The number of anilines is 1. The molecule has 0 aliphatic carbocycles. The number of pyridine rings is 1. The van der Waals surface area contributed by atoms with Crippen LogP contribution in [0.25, 0.3) is 0 Å². The van der Waals surface area contributed by atoms with Gasteiger partial charge in [-0.2, -0.15) is 0 Å². The summed E-state index contributed by atoms with van der Waals surface area (Å²) in [5.74, 6) is 0.471. The lowest BCUT2D eigenvalue weighted by Crippen LogP contribution is -2.33. The molecule has 0 aliphatic heterocycles. The molecule has 6 heteroatoms. The van der Waals surface area contributed by atoms with Crippen molar-refractivity contribution in [2.24, 2.45) is 0 Å². The number of unbranched alkanes of at least 4 members (excludes halogenated alkanes) is 1. The van der Waals surface area contributed by atoms with E-state index in [9.17, 15) is 9.59 Å². The molecule has 0 radical (unpaired) electrons. The van der Waals surface area contributed by atoms with Crippen LogP contribution in [-0.4, -0.2) is 29.4 Å². The molecule has 0 saturated carbocycles. The minimum absolute atomic E-state index is 0.00886. The number of aromatic nitrogens is 1. The van der Waals surface area contributed by atoms with Crippen molar-refractivity contribution < 1.29 is 14.3 Å². The number of carbonyl (C=O) groups excluding carboxylic acids is 2. The molecule has 1 heterocycles. The van der Waals surface area contributed by atoms with Gasteiger partial charge in [-0.1, -0.05) is 13.3 Å². The van der Waals surface area contributed by atoms with E-state index in [1.165, 1.54) is 0 Å². The van der Waals surface area contributed by atoms with Crippen molar-refractivity contribution in [1.29, 1.82) is 0 Å². The summed E-state index contributed by atoms with van der Waals surface area (Å²) in [6.07, 6.45) is 5.48. The number of nitrogens with zero attached hydrogens (tertiary/aromatic N) is 1. The maximum absolute atomic E-state index is 12.2. The Morgan fingerprint density at radius 3 is 2.62 bits per heavy atom. The van der Waals surface area contributed by atoms with Gasteiger partial charge in [0.1, 0.15) is 11.9 Å². The second-order valence-electron chi connectivity index (χ2n) is 6.06. The molecule has 0 aliphatic rings. The van der Waals surface area contributed by atoms with Gasteiger partial charge in [-0.25, -0.2) is 0 Å². The van der Waals surface area contributed by atoms with Gasteiger partial charge in [0.25, 0.3) is 5.91 Å². The number of hydrogen-bond acceptors (Lipinski definition) is 4. The van der Waals surface area contributed by atoms with Gasteiger partial charge in [0.15, 0.2) is 0 Å². The van der Waals surface area contributed by atoms with Crippen LogP contribution in [0.3, 0.4) is 0 Å². The first-order chi connectivity index (χ1) is 12.6. The van der Waals surface area contributed by atoms with E-state index in [-0.39, 0.29) is 17.9 Å². The summed E-state index contributed by atoms with van der Waals surface area (Å²) in [5.41, 5.74) is 1.22. The Balaban J connectivity index is 1.79. The fourth-order valence-corrected chi connectivity index (χ4v) is 2.30. The molecule has 0 bridgehead atoms. The summed E-state index contributed by atoms with van der Waals surface area (Å²) in [6.45, 7) is 4.30. The zero-order valence-electron chi connectivity index (χ0n) is 15.2. The summed E-state index contributed by atoms with van der Waals surface area (Å²) < 4.78 is 5.67. The lowest BCUT2D eigenvalue weighted by Gasteiger charge is -2.15. The van der Waals surface area contributed by atoms with Crippen LogP contribution in [0.1, 0.15) is 43.5 Å². The van der Waals surface area contributed by atoms with Crippen molar-refractivity contribution in [3.8, 4) is 5.75 Å². The third-order valence-electron chi connectivity index (χ3n) is 3.71. The van der Waals surface area contributed by atoms with E-state index in [4.69, 9.17) is 4.74 Å². The van der Waals surface area contributed by atoms with Gasteiger partial charge in [-0.15, -0.1) is 0 Å². The molecule has 0 saturated heterocycles. The molecule has 2 rings (SSSR count). The Kier molecular flexibility index (Phi) is 7.61. The third-order valence-corrected chi connectivity index (χ3v) is 3.71. The van der Waals surface area contributed by atoms with Crippen molar-refractivity contribution >= 4 is 17.5 Å². The predicted molar refractivity (Wildman–Crippen MR) is 101 cm³/mol. The van der Waals surface area contributed by atoms with Crippen molar-refractivity contribution in [2.75, 3.05) is 11.9 Å². The van der Waals surface area contributed by atoms with E-state index in [1.807, 2.05) is 19.9 Å². The van der Waals surface area contributed by atoms with E-state index in [0.717, 1.165) is 12.8 Å². The SMILES string of the molecule is CCCCC(=O)Nc1ccc(C(=O)NCC(C)Oc2cccnc2)cc1. The molecule has 6 nitrogen and oxygen atoms in total. The number of amides is 2. The molecule has 2 N–H and O–H groups in total. The quantitative estimate of drug-likeness (QED) is 0.722. The molecule has 138 valence electrons. The lowest BCUT2D eigenvalue weighted by molar-refractivity contribution is -0.116. The fraction of sp³-hybridized carbons (Fsp3) is 0.350. The Hall–Kier alpha value is -2.89. The highest BCUT2D eigenvalue weighted by Crippen LogP contribution is 2.11. The fourth-order valence-electron chi connectivity index (χ4n) is 2.30. The molecular formula is C20H25N3O3. The smallest absolute Gasteiger partial charge is 0.251 e. The van der Waals surface area contributed by atoms with Gasteiger partial charge >= 0.3 is 0 Å². The number of benzene rings is 1. The third kappa shape index (κ3) is 6.55. The number of rotatable bonds is 9. The second-order valence-corrected chi connectivity index (χ2v) is 6.06. The van der Waals surface area contributed by atoms with Crippen LogP contribution < -0.4 is 15.4 Å². The normalized spacial score (nSPS) is 11.5. The first-order valence-corrected chi connectivity index (χ1v) is 8.83. The van der Waals surface area contributed by atoms with Gasteiger partial charge < -0.3 is 15.4 Å². The van der Waals surface area contributed by atoms with Crippen LogP contribution in [0.4, 0.5) is 5.69 Å². The Bertz CT molecular complexity index is 702. The minimum Gasteiger partial charge on any atom is -0.487 e. The number of ether oxygens (including phenoxy) is 1. The van der Waals surface area contributed by atoms with Gasteiger partial charge in [0, 0.05) is 23.9 Å². The number of hydrogen-bond donors (Lipinski definition) is 2. The molecule has 1 atom stereocenters. The Morgan fingerprint density at radius 2 is 1.96 bits per heavy atom. The van der Waals surface area contributed by atoms with Crippen molar-refractivity contribution in [3.05, 3.63) is 54.4 Å². The van der Waals surface area contributed by atoms with Crippen LogP contribution in [-0.2, 0) is 4.79 Å². The van der Waals surface area contributed by atoms with Crippen LogP contribution in [0, 0.1) is 0 Å². The Morgan fingerprint density at radius 1 is 1.19 bits per heavy atom. The summed E-state index contributed by atoms with van der Waals surface area (Å²) in [5, 5.41) is 5.66. The predicted octanol–water partition coefficient (Wildman–Crippen LogP) is 3.41. The zero-order valence-corrected chi connectivity index (χ0v) is 15.2. The van der Waals surface area contributed by atoms with Crippen LogP contribution in [0.2, 0.25) is 0 Å². The molecule has 1 unspecified atom stereocenters. The molecule has 1 aromatic heterocycles. The summed E-state index contributed by atoms with van der Waals surface area (Å²) in [6, 6.07) is 10.5. The van der Waals surface area contributed by atoms with E-state index in [0.29, 0.717) is 30.0 Å². The molecular weight excluding hydrogens is 330 g/mol. The number of nitrogens with one attached hydrogen (secondary N) is 2. The van der Waals surface area contributed by atoms with Crippen molar-refractivity contribution in [1.82, 2.24) is 10.3 Å². The largest absolute Gasteiger partial charge is 0.487 e. The second kappa shape index (κ2) is 10.2. The summed E-state index contributed by atoms with van der Waals surface area (Å²) in [7, 11) is 0. The molecule has 0 spiro atoms. The van der Waals surface area contributed by atoms with E-state index in [1.54, 1.807) is 42.7 Å². The van der Waals surface area contributed by atoms with Gasteiger partial charge in [0.2, 0.25) is 5.91 Å². The molecule has 2 aromatic rings. The Labute approximate surface area is 154 Å². The molecule has 1 aromatic carbocycles. The van der Waals surface area contributed by atoms with E-state index in [2.05, 4.69) is 15.6 Å². The molecule has 26 heavy (non-hydrogen) atoms. The molecule has 0 fully saturated rings. The monoisotopic (exact) mass is 355 g/mol. The van der Waals surface area contributed by atoms with Crippen LogP contribution in [0.15, 0.2) is 48.8 Å². The van der Waals surface area contributed by atoms with Crippen molar-refractivity contribution in [2.45, 2.75) is 39.2 Å². The zero-order chi connectivity index (χ0) is 18.8. The highest BCUT2D eigenvalue weighted by molar-refractivity contribution is 5.95. The highest BCUT2D eigenvalue weighted by Gasteiger charge is 2.10. The van der Waals surface area contributed by atoms with Crippen molar-refractivity contribution in [3.63, 3.8) is 0 Å². The van der Waals surface area contributed by atoms with Crippen LogP contribution >= 0.6 is 0 Å². The van der Waals surface area contributed by atoms with Crippen LogP contribution in [0.5, 0.6) is 5.75 Å². The average Bonchev–Trinajstić information content (AvgIpc) is 2.66. The highest BCUT2D eigenvalue weighted by atomic mass is 16.5. The standard InChI is InChI=1S/C20H25N3O3/c1-3-4-7-19(24)23-17-10-8-16(9-11-17)20(25)22-13-15(2)26-18-6-5-12-21-14-18/h5-6,8-12,14-15H,3-4,7,13H2,1-2H3,(H,22,25)(H,23,24). The minimum atomic E-state index is -0.185. The van der Waals surface area contributed by atoms with Gasteiger partial charge in [-0.05, 0) is 49.7 Å². The summed E-state index contributed by atoms with van der Waals surface area (Å²) in [4.78, 5) is 27.9.